The Labute approximate surface area is 82.4 Å². The molecule has 4 heteroatoms. The third kappa shape index (κ3) is 2.94. The highest BCUT2D eigenvalue weighted by molar-refractivity contribution is 5.85. The van der Waals surface area contributed by atoms with E-state index in [-0.39, 0.29) is 18.2 Å². The molecule has 0 aliphatic heterocycles. The maximum absolute atomic E-state index is 12.6. The molecule has 1 nitrogen and oxygen atoms in total. The van der Waals surface area contributed by atoms with Crippen LogP contribution >= 0.6 is 12.4 Å². The van der Waals surface area contributed by atoms with Crippen molar-refractivity contribution in [2.24, 2.45) is 5.73 Å². The first-order chi connectivity index (χ1) is 5.65. The molecular formula is C9H12ClF2N. The Hall–Kier alpha value is -0.670. The Kier molecular flexibility index (Phi) is 4.88. The number of aryl methyl sites for hydroxylation is 1. The van der Waals surface area contributed by atoms with Gasteiger partial charge in [0.1, 0.15) is 12.5 Å². The number of alkyl halides is 1. The average Bonchev–Trinajstić information content (AvgIpc) is 2.03. The molecule has 0 aliphatic rings. The molecule has 0 amide bonds. The molecule has 0 bridgehead atoms. The van der Waals surface area contributed by atoms with Gasteiger partial charge < -0.3 is 5.73 Å². The van der Waals surface area contributed by atoms with Crippen molar-refractivity contribution in [1.29, 1.82) is 0 Å². The van der Waals surface area contributed by atoms with Crippen molar-refractivity contribution in [2.75, 3.05) is 6.67 Å². The predicted octanol–water partition coefficient (Wildman–Crippen LogP) is 2.53. The summed E-state index contributed by atoms with van der Waals surface area (Å²) in [6, 6.07) is 3.53. The molecule has 0 radical (unpaired) electrons. The molecule has 1 atom stereocenters. The number of hydrogen-bond acceptors (Lipinski definition) is 1. The molecule has 2 N–H and O–H groups in total. The Morgan fingerprint density at radius 2 is 2.08 bits per heavy atom. The van der Waals surface area contributed by atoms with E-state index in [4.69, 9.17) is 5.73 Å². The third-order valence-corrected chi connectivity index (χ3v) is 1.80. The smallest absolute Gasteiger partial charge is 0.123 e. The van der Waals surface area contributed by atoms with Crippen LogP contribution in [0.4, 0.5) is 8.78 Å². The molecule has 0 aliphatic carbocycles. The van der Waals surface area contributed by atoms with E-state index in [0.29, 0.717) is 11.1 Å². The van der Waals surface area contributed by atoms with Gasteiger partial charge in [-0.05, 0) is 30.2 Å². The van der Waals surface area contributed by atoms with Gasteiger partial charge in [-0.1, -0.05) is 6.07 Å². The van der Waals surface area contributed by atoms with Crippen LogP contribution in [0.5, 0.6) is 0 Å². The molecule has 74 valence electrons. The maximum Gasteiger partial charge on any atom is 0.123 e. The highest BCUT2D eigenvalue weighted by Crippen LogP contribution is 2.16. The highest BCUT2D eigenvalue weighted by Gasteiger charge is 2.08. The third-order valence-electron chi connectivity index (χ3n) is 1.80. The Balaban J connectivity index is 0.00000144. The zero-order valence-corrected chi connectivity index (χ0v) is 8.07. The predicted molar refractivity (Wildman–Crippen MR) is 51.3 cm³/mol. The standard InChI is InChI=1S/C9H11F2N.ClH/c1-6-4-7(11)2-3-8(6)9(12)5-10;/h2-4,9H,5,12H2,1H3;1H/t9-;/m0./s1. The van der Waals surface area contributed by atoms with Gasteiger partial charge in [0.25, 0.3) is 0 Å². The van der Waals surface area contributed by atoms with Crippen LogP contribution in [0.3, 0.4) is 0 Å². The molecular weight excluding hydrogens is 196 g/mol. The number of rotatable bonds is 2. The van der Waals surface area contributed by atoms with Gasteiger partial charge in [0.2, 0.25) is 0 Å². The van der Waals surface area contributed by atoms with Gasteiger partial charge in [-0.25, -0.2) is 8.78 Å². The molecule has 1 rings (SSSR count). The minimum Gasteiger partial charge on any atom is -0.322 e. The van der Waals surface area contributed by atoms with Gasteiger partial charge in [0, 0.05) is 0 Å². The quantitative estimate of drug-likeness (QED) is 0.793. The van der Waals surface area contributed by atoms with E-state index in [9.17, 15) is 8.78 Å². The van der Waals surface area contributed by atoms with Gasteiger partial charge in [0.05, 0.1) is 6.04 Å². The minimum atomic E-state index is -0.634. The molecule has 0 saturated carbocycles. The lowest BCUT2D eigenvalue weighted by molar-refractivity contribution is 0.436. The van der Waals surface area contributed by atoms with E-state index in [1.54, 1.807) is 6.92 Å². The van der Waals surface area contributed by atoms with Gasteiger partial charge in [0.15, 0.2) is 0 Å². The van der Waals surface area contributed by atoms with Gasteiger partial charge in [-0.2, -0.15) is 0 Å². The molecule has 0 unspecified atom stereocenters. The largest absolute Gasteiger partial charge is 0.322 e. The molecule has 0 saturated heterocycles. The summed E-state index contributed by atoms with van der Waals surface area (Å²) in [6.45, 7) is 1.10. The van der Waals surface area contributed by atoms with E-state index in [1.165, 1.54) is 18.2 Å². The van der Waals surface area contributed by atoms with Gasteiger partial charge in [-0.3, -0.25) is 0 Å². The zero-order valence-electron chi connectivity index (χ0n) is 7.26. The Bertz CT molecular complexity index is 278. The monoisotopic (exact) mass is 207 g/mol. The summed E-state index contributed by atoms with van der Waals surface area (Å²) in [7, 11) is 0. The molecule has 1 aromatic rings. The Morgan fingerprint density at radius 1 is 1.46 bits per heavy atom. The van der Waals surface area contributed by atoms with E-state index in [1.807, 2.05) is 0 Å². The van der Waals surface area contributed by atoms with E-state index < -0.39 is 12.7 Å². The first kappa shape index (κ1) is 12.3. The summed E-state index contributed by atoms with van der Waals surface area (Å²) >= 11 is 0. The second-order valence-corrected chi connectivity index (χ2v) is 2.76. The summed E-state index contributed by atoms with van der Waals surface area (Å²) in [5, 5.41) is 0. The van der Waals surface area contributed by atoms with Crippen molar-refractivity contribution in [3.05, 3.63) is 35.1 Å². The van der Waals surface area contributed by atoms with Crippen LogP contribution in [0.15, 0.2) is 18.2 Å². The van der Waals surface area contributed by atoms with Crippen molar-refractivity contribution in [1.82, 2.24) is 0 Å². The SMILES string of the molecule is Cc1cc(F)ccc1[C@@H](N)CF.Cl. The fourth-order valence-electron chi connectivity index (χ4n) is 1.14. The van der Waals surface area contributed by atoms with Crippen molar-refractivity contribution < 1.29 is 8.78 Å². The van der Waals surface area contributed by atoms with Crippen LogP contribution in [0.1, 0.15) is 17.2 Å². The maximum atomic E-state index is 12.6. The summed E-state index contributed by atoms with van der Waals surface area (Å²) in [5.41, 5.74) is 6.81. The topological polar surface area (TPSA) is 26.0 Å². The molecule has 0 heterocycles. The van der Waals surface area contributed by atoms with E-state index in [2.05, 4.69) is 0 Å². The van der Waals surface area contributed by atoms with Crippen molar-refractivity contribution in [3.63, 3.8) is 0 Å². The van der Waals surface area contributed by atoms with Gasteiger partial charge >= 0.3 is 0 Å². The molecule has 0 fully saturated rings. The lowest BCUT2D eigenvalue weighted by Gasteiger charge is -2.10. The fourth-order valence-corrected chi connectivity index (χ4v) is 1.14. The first-order valence-corrected chi connectivity index (χ1v) is 3.72. The first-order valence-electron chi connectivity index (χ1n) is 3.72. The van der Waals surface area contributed by atoms with Crippen LogP contribution in [0.2, 0.25) is 0 Å². The second kappa shape index (κ2) is 5.14. The summed E-state index contributed by atoms with van der Waals surface area (Å²) in [4.78, 5) is 0. The number of halogens is 3. The number of hydrogen-bond donors (Lipinski definition) is 1. The summed E-state index contributed by atoms with van der Waals surface area (Å²) in [5.74, 6) is -0.317. The van der Waals surface area contributed by atoms with Crippen LogP contribution in [0, 0.1) is 12.7 Å². The van der Waals surface area contributed by atoms with Crippen molar-refractivity contribution in [2.45, 2.75) is 13.0 Å². The minimum absolute atomic E-state index is 0. The molecule has 0 aromatic heterocycles. The normalized spacial score (nSPS) is 12.0. The fraction of sp³-hybridized carbons (Fsp3) is 0.333. The zero-order chi connectivity index (χ0) is 9.14. The van der Waals surface area contributed by atoms with Crippen molar-refractivity contribution >= 4 is 12.4 Å². The van der Waals surface area contributed by atoms with Crippen LogP contribution in [-0.2, 0) is 0 Å². The van der Waals surface area contributed by atoms with Crippen LogP contribution < -0.4 is 5.73 Å². The number of nitrogens with two attached hydrogens (primary N) is 1. The lowest BCUT2D eigenvalue weighted by atomic mass is 10.0. The number of benzene rings is 1. The lowest BCUT2D eigenvalue weighted by Crippen LogP contribution is -2.13. The summed E-state index contributed by atoms with van der Waals surface area (Å²) in [6.07, 6.45) is 0. The summed E-state index contributed by atoms with van der Waals surface area (Å²) < 4.78 is 24.7. The van der Waals surface area contributed by atoms with Crippen LogP contribution in [-0.4, -0.2) is 6.67 Å². The highest BCUT2D eigenvalue weighted by atomic mass is 35.5. The Morgan fingerprint density at radius 3 is 2.54 bits per heavy atom. The average molecular weight is 208 g/mol. The molecule has 0 spiro atoms. The van der Waals surface area contributed by atoms with Crippen LogP contribution in [0.25, 0.3) is 0 Å². The van der Waals surface area contributed by atoms with Crippen molar-refractivity contribution in [3.8, 4) is 0 Å². The second-order valence-electron chi connectivity index (χ2n) is 2.76. The van der Waals surface area contributed by atoms with E-state index in [0.717, 1.165) is 0 Å². The van der Waals surface area contributed by atoms with Gasteiger partial charge in [-0.15, -0.1) is 12.4 Å². The van der Waals surface area contributed by atoms with E-state index >= 15 is 0 Å². The molecule has 13 heavy (non-hydrogen) atoms. The molecule has 1 aromatic carbocycles.